The molecule has 0 spiro atoms. The highest BCUT2D eigenvalue weighted by molar-refractivity contribution is 9.11. The minimum Gasteiger partial charge on any atom is -0.487 e. The van der Waals surface area contributed by atoms with E-state index in [0.717, 1.165) is 26.1 Å². The Hall–Kier alpha value is -0.360. The average Bonchev–Trinajstić information content (AvgIpc) is 2.74. The van der Waals surface area contributed by atoms with Gasteiger partial charge >= 0.3 is 0 Å². The maximum absolute atomic E-state index is 6.00. The Morgan fingerprint density at radius 3 is 2.68 bits per heavy atom. The van der Waals surface area contributed by atoms with Crippen molar-refractivity contribution in [2.24, 2.45) is 0 Å². The SMILES string of the molecule is CNCc1cc(Br)cc(C)c1OCc1ccc(Br)s1. The first-order chi connectivity index (χ1) is 9.10. The van der Waals surface area contributed by atoms with Crippen LogP contribution in [0.3, 0.4) is 0 Å². The van der Waals surface area contributed by atoms with Gasteiger partial charge in [-0.1, -0.05) is 15.9 Å². The third-order valence-corrected chi connectivity index (χ3v) is 4.73. The molecule has 0 fully saturated rings. The zero-order chi connectivity index (χ0) is 13.8. The number of nitrogens with one attached hydrogen (secondary N) is 1. The second-order valence-electron chi connectivity index (χ2n) is 4.24. The molecule has 2 aromatic rings. The molecule has 0 saturated heterocycles. The van der Waals surface area contributed by atoms with Crippen molar-refractivity contribution in [3.8, 4) is 5.75 Å². The van der Waals surface area contributed by atoms with Crippen LogP contribution in [0.1, 0.15) is 16.0 Å². The van der Waals surface area contributed by atoms with E-state index in [1.165, 1.54) is 10.4 Å². The van der Waals surface area contributed by atoms with E-state index in [9.17, 15) is 0 Å². The van der Waals surface area contributed by atoms with Crippen LogP contribution in [0.4, 0.5) is 0 Å². The molecule has 0 radical (unpaired) electrons. The number of thiophene rings is 1. The quantitative estimate of drug-likeness (QED) is 0.766. The van der Waals surface area contributed by atoms with Gasteiger partial charge in [-0.25, -0.2) is 0 Å². The van der Waals surface area contributed by atoms with E-state index in [4.69, 9.17) is 4.74 Å². The third-order valence-electron chi connectivity index (χ3n) is 2.67. The van der Waals surface area contributed by atoms with E-state index in [1.54, 1.807) is 11.3 Å². The van der Waals surface area contributed by atoms with E-state index in [-0.39, 0.29) is 0 Å². The molecule has 0 aliphatic rings. The zero-order valence-electron chi connectivity index (χ0n) is 10.8. The summed E-state index contributed by atoms with van der Waals surface area (Å²) in [7, 11) is 1.94. The minimum atomic E-state index is 0.607. The first-order valence-electron chi connectivity index (χ1n) is 5.91. The maximum Gasteiger partial charge on any atom is 0.127 e. The van der Waals surface area contributed by atoms with Crippen LogP contribution < -0.4 is 10.1 Å². The highest BCUT2D eigenvalue weighted by Gasteiger charge is 2.09. The van der Waals surface area contributed by atoms with Crippen LogP contribution in [0.15, 0.2) is 32.5 Å². The fourth-order valence-corrected chi connectivity index (χ4v) is 3.92. The third kappa shape index (κ3) is 4.05. The molecule has 0 aliphatic heterocycles. The summed E-state index contributed by atoms with van der Waals surface area (Å²) >= 11 is 8.70. The van der Waals surface area contributed by atoms with Crippen LogP contribution in [0.5, 0.6) is 5.75 Å². The van der Waals surface area contributed by atoms with Crippen molar-refractivity contribution in [2.45, 2.75) is 20.1 Å². The van der Waals surface area contributed by atoms with Gasteiger partial charge in [0.1, 0.15) is 12.4 Å². The first-order valence-corrected chi connectivity index (χ1v) is 8.31. The van der Waals surface area contributed by atoms with E-state index in [2.05, 4.69) is 62.3 Å². The summed E-state index contributed by atoms with van der Waals surface area (Å²) in [5.74, 6) is 0.974. The van der Waals surface area contributed by atoms with Gasteiger partial charge in [0.15, 0.2) is 0 Å². The normalized spacial score (nSPS) is 10.7. The molecule has 1 N–H and O–H groups in total. The van der Waals surface area contributed by atoms with Crippen molar-refractivity contribution in [3.63, 3.8) is 0 Å². The number of aryl methyl sites for hydroxylation is 1. The molecule has 0 bridgehead atoms. The molecule has 2 rings (SSSR count). The summed E-state index contributed by atoms with van der Waals surface area (Å²) in [6, 6.07) is 8.31. The fraction of sp³-hybridized carbons (Fsp3) is 0.286. The van der Waals surface area contributed by atoms with Gasteiger partial charge in [0, 0.05) is 21.5 Å². The molecule has 0 saturated carbocycles. The maximum atomic E-state index is 6.00. The lowest BCUT2D eigenvalue weighted by atomic mass is 10.1. The van der Waals surface area contributed by atoms with Crippen LogP contribution in [0.25, 0.3) is 0 Å². The van der Waals surface area contributed by atoms with Gasteiger partial charge < -0.3 is 10.1 Å². The van der Waals surface area contributed by atoms with E-state index >= 15 is 0 Å². The Balaban J connectivity index is 2.18. The van der Waals surface area contributed by atoms with Gasteiger partial charge in [0.05, 0.1) is 3.79 Å². The smallest absolute Gasteiger partial charge is 0.127 e. The van der Waals surface area contributed by atoms with E-state index in [1.807, 2.05) is 13.1 Å². The van der Waals surface area contributed by atoms with Crippen LogP contribution in [-0.2, 0) is 13.2 Å². The van der Waals surface area contributed by atoms with Gasteiger partial charge in [-0.3, -0.25) is 0 Å². The molecule has 1 aromatic heterocycles. The van der Waals surface area contributed by atoms with Crippen LogP contribution >= 0.6 is 43.2 Å². The Labute approximate surface area is 134 Å². The largest absolute Gasteiger partial charge is 0.487 e. The average molecular weight is 405 g/mol. The number of hydrogen-bond acceptors (Lipinski definition) is 3. The van der Waals surface area contributed by atoms with Crippen LogP contribution in [-0.4, -0.2) is 7.05 Å². The predicted molar refractivity (Wildman–Crippen MR) is 88.0 cm³/mol. The molecule has 0 atom stereocenters. The van der Waals surface area contributed by atoms with Crippen LogP contribution in [0.2, 0.25) is 0 Å². The molecule has 1 aromatic carbocycles. The summed E-state index contributed by atoms with van der Waals surface area (Å²) in [5, 5.41) is 3.18. The number of hydrogen-bond donors (Lipinski definition) is 1. The summed E-state index contributed by atoms with van der Waals surface area (Å²) in [6.45, 7) is 3.47. The standard InChI is InChI=1S/C14H15Br2NOS/c1-9-5-11(15)6-10(7-17-2)14(9)18-8-12-3-4-13(16)19-12/h3-6,17H,7-8H2,1-2H3. The van der Waals surface area contributed by atoms with E-state index in [0.29, 0.717) is 6.61 Å². The molecular formula is C14H15Br2NOS. The van der Waals surface area contributed by atoms with Crippen LogP contribution in [0, 0.1) is 6.92 Å². The lowest BCUT2D eigenvalue weighted by Crippen LogP contribution is -2.08. The minimum absolute atomic E-state index is 0.607. The molecule has 5 heteroatoms. The van der Waals surface area contributed by atoms with Crippen molar-refractivity contribution in [1.82, 2.24) is 5.32 Å². The number of halogens is 2. The molecule has 2 nitrogen and oxygen atoms in total. The summed E-state index contributed by atoms with van der Waals surface area (Å²) in [4.78, 5) is 1.21. The molecule has 1 heterocycles. The molecule has 19 heavy (non-hydrogen) atoms. The molecule has 0 aliphatic carbocycles. The number of ether oxygens (including phenoxy) is 1. The van der Waals surface area contributed by atoms with Crippen molar-refractivity contribution in [3.05, 3.63) is 48.5 Å². The first kappa shape index (κ1) is 15.0. The second-order valence-corrected chi connectivity index (χ2v) is 7.70. The Morgan fingerprint density at radius 1 is 1.26 bits per heavy atom. The van der Waals surface area contributed by atoms with E-state index < -0.39 is 0 Å². The van der Waals surface area contributed by atoms with Gasteiger partial charge in [0.25, 0.3) is 0 Å². The van der Waals surface area contributed by atoms with Gasteiger partial charge in [-0.05, 0) is 59.7 Å². The van der Waals surface area contributed by atoms with Crippen molar-refractivity contribution in [1.29, 1.82) is 0 Å². The monoisotopic (exact) mass is 403 g/mol. The number of rotatable bonds is 5. The highest BCUT2D eigenvalue weighted by atomic mass is 79.9. The lowest BCUT2D eigenvalue weighted by molar-refractivity contribution is 0.303. The second kappa shape index (κ2) is 6.88. The highest BCUT2D eigenvalue weighted by Crippen LogP contribution is 2.30. The fourth-order valence-electron chi connectivity index (χ4n) is 1.90. The lowest BCUT2D eigenvalue weighted by Gasteiger charge is -2.14. The van der Waals surface area contributed by atoms with Gasteiger partial charge in [-0.15, -0.1) is 11.3 Å². The van der Waals surface area contributed by atoms with Crippen molar-refractivity contribution < 1.29 is 4.74 Å². The summed E-state index contributed by atoms with van der Waals surface area (Å²) in [5.41, 5.74) is 2.32. The molecule has 0 unspecified atom stereocenters. The topological polar surface area (TPSA) is 21.3 Å². The van der Waals surface area contributed by atoms with Crippen molar-refractivity contribution >= 4 is 43.2 Å². The predicted octanol–water partition coefficient (Wildman–Crippen LogP) is 4.88. The van der Waals surface area contributed by atoms with Gasteiger partial charge in [0.2, 0.25) is 0 Å². The zero-order valence-corrected chi connectivity index (χ0v) is 14.8. The van der Waals surface area contributed by atoms with Crippen molar-refractivity contribution in [2.75, 3.05) is 7.05 Å². The summed E-state index contributed by atoms with van der Waals surface area (Å²) in [6.07, 6.45) is 0. The molecule has 0 amide bonds. The number of benzene rings is 1. The Bertz CT molecular complexity index is 569. The molecule has 102 valence electrons. The Morgan fingerprint density at radius 2 is 2.05 bits per heavy atom. The van der Waals surface area contributed by atoms with Gasteiger partial charge in [-0.2, -0.15) is 0 Å². The Kier molecular flexibility index (Phi) is 5.45. The molecular weight excluding hydrogens is 390 g/mol. The summed E-state index contributed by atoms with van der Waals surface area (Å²) < 4.78 is 8.22.